The first-order valence-corrected chi connectivity index (χ1v) is 7.98. The SMILES string of the molecule is COc1ccc(NC(=O)NC(=O)COC(=O)c2cccc(C)c2[N+](=O)[O-])cc1. The van der Waals surface area contributed by atoms with Gasteiger partial charge in [0.2, 0.25) is 0 Å². The van der Waals surface area contributed by atoms with Gasteiger partial charge in [0.15, 0.2) is 6.61 Å². The van der Waals surface area contributed by atoms with Gasteiger partial charge >= 0.3 is 12.0 Å². The summed E-state index contributed by atoms with van der Waals surface area (Å²) in [4.78, 5) is 46.0. The number of aryl methyl sites for hydroxylation is 1. The van der Waals surface area contributed by atoms with Crippen molar-refractivity contribution in [3.05, 3.63) is 63.7 Å². The topological polar surface area (TPSA) is 137 Å². The highest BCUT2D eigenvalue weighted by Gasteiger charge is 2.24. The van der Waals surface area contributed by atoms with E-state index >= 15 is 0 Å². The molecule has 2 rings (SSSR count). The van der Waals surface area contributed by atoms with Crippen molar-refractivity contribution in [2.45, 2.75) is 6.92 Å². The van der Waals surface area contributed by atoms with Gasteiger partial charge in [-0.25, -0.2) is 9.59 Å². The molecule has 0 radical (unpaired) electrons. The largest absolute Gasteiger partial charge is 0.497 e. The molecule has 0 bridgehead atoms. The smallest absolute Gasteiger partial charge is 0.345 e. The van der Waals surface area contributed by atoms with E-state index in [0.717, 1.165) is 0 Å². The maximum Gasteiger partial charge on any atom is 0.345 e. The maximum absolute atomic E-state index is 12.0. The van der Waals surface area contributed by atoms with E-state index in [4.69, 9.17) is 9.47 Å². The molecule has 2 aromatic rings. The van der Waals surface area contributed by atoms with E-state index < -0.39 is 35.1 Å². The molecular weight excluding hydrogens is 370 g/mol. The van der Waals surface area contributed by atoms with Crippen molar-refractivity contribution in [2.75, 3.05) is 19.0 Å². The van der Waals surface area contributed by atoms with Gasteiger partial charge in [0.25, 0.3) is 11.6 Å². The predicted octanol–water partition coefficient (Wildman–Crippen LogP) is 2.42. The van der Waals surface area contributed by atoms with Crippen LogP contribution in [0.5, 0.6) is 5.75 Å². The van der Waals surface area contributed by atoms with Gasteiger partial charge < -0.3 is 14.8 Å². The van der Waals surface area contributed by atoms with Crippen molar-refractivity contribution in [1.29, 1.82) is 0 Å². The average Bonchev–Trinajstić information content (AvgIpc) is 2.66. The third kappa shape index (κ3) is 5.27. The molecule has 3 amide bonds. The molecule has 0 saturated carbocycles. The number of methoxy groups -OCH3 is 1. The highest BCUT2D eigenvalue weighted by Crippen LogP contribution is 2.23. The van der Waals surface area contributed by atoms with Crippen LogP contribution in [0.3, 0.4) is 0 Å². The van der Waals surface area contributed by atoms with Gasteiger partial charge in [-0.05, 0) is 37.3 Å². The summed E-state index contributed by atoms with van der Waals surface area (Å²) in [7, 11) is 1.50. The van der Waals surface area contributed by atoms with Crippen LogP contribution in [0.1, 0.15) is 15.9 Å². The number of benzene rings is 2. The van der Waals surface area contributed by atoms with E-state index in [1.807, 2.05) is 5.32 Å². The lowest BCUT2D eigenvalue weighted by molar-refractivity contribution is -0.385. The van der Waals surface area contributed by atoms with Gasteiger partial charge in [-0.1, -0.05) is 12.1 Å². The number of para-hydroxylation sites is 1. The fraction of sp³-hybridized carbons (Fsp3) is 0.167. The summed E-state index contributed by atoms with van der Waals surface area (Å²) >= 11 is 0. The molecule has 10 heteroatoms. The number of nitro groups is 1. The summed E-state index contributed by atoms with van der Waals surface area (Å²) in [6.07, 6.45) is 0. The number of ether oxygens (including phenoxy) is 2. The second-order valence-electron chi connectivity index (χ2n) is 5.54. The van der Waals surface area contributed by atoms with Gasteiger partial charge in [-0.3, -0.25) is 20.2 Å². The highest BCUT2D eigenvalue weighted by molar-refractivity contribution is 6.02. The number of imide groups is 1. The predicted molar refractivity (Wildman–Crippen MR) is 98.3 cm³/mol. The fourth-order valence-corrected chi connectivity index (χ4v) is 2.27. The molecule has 0 aliphatic rings. The number of anilines is 1. The Hall–Kier alpha value is -3.95. The number of amides is 3. The van der Waals surface area contributed by atoms with Crippen LogP contribution in [-0.2, 0) is 9.53 Å². The molecule has 0 aliphatic carbocycles. The Kier molecular flexibility index (Phi) is 6.63. The molecule has 10 nitrogen and oxygen atoms in total. The summed E-state index contributed by atoms with van der Waals surface area (Å²) in [6.45, 7) is 0.699. The van der Waals surface area contributed by atoms with Crippen LogP contribution in [0.4, 0.5) is 16.2 Å². The molecule has 2 N–H and O–H groups in total. The van der Waals surface area contributed by atoms with Crippen LogP contribution in [0.25, 0.3) is 0 Å². The Balaban J connectivity index is 1.89. The molecule has 0 unspecified atom stereocenters. The summed E-state index contributed by atoms with van der Waals surface area (Å²) in [5, 5.41) is 15.5. The van der Waals surface area contributed by atoms with Crippen molar-refractivity contribution in [2.24, 2.45) is 0 Å². The highest BCUT2D eigenvalue weighted by atomic mass is 16.6. The lowest BCUT2D eigenvalue weighted by Gasteiger charge is -2.08. The van der Waals surface area contributed by atoms with Gasteiger partial charge in [-0.2, -0.15) is 0 Å². The van der Waals surface area contributed by atoms with Crippen LogP contribution < -0.4 is 15.4 Å². The van der Waals surface area contributed by atoms with Crippen molar-refractivity contribution in [1.82, 2.24) is 5.32 Å². The van der Waals surface area contributed by atoms with E-state index in [0.29, 0.717) is 11.4 Å². The zero-order valence-corrected chi connectivity index (χ0v) is 15.1. The zero-order chi connectivity index (χ0) is 20.7. The second-order valence-corrected chi connectivity index (χ2v) is 5.54. The Morgan fingerprint density at radius 3 is 2.39 bits per heavy atom. The monoisotopic (exact) mass is 387 g/mol. The van der Waals surface area contributed by atoms with Gasteiger partial charge in [0, 0.05) is 11.3 Å². The number of rotatable bonds is 6. The van der Waals surface area contributed by atoms with Crippen LogP contribution in [0.2, 0.25) is 0 Å². The number of nitrogens with zero attached hydrogens (tertiary/aromatic N) is 1. The number of hydrogen-bond donors (Lipinski definition) is 2. The number of hydrogen-bond acceptors (Lipinski definition) is 7. The normalized spacial score (nSPS) is 9.93. The molecule has 0 spiro atoms. The minimum atomic E-state index is -1.04. The molecule has 0 saturated heterocycles. The number of carbonyl (C=O) groups is 3. The van der Waals surface area contributed by atoms with Gasteiger partial charge in [0.05, 0.1) is 12.0 Å². The molecule has 0 aliphatic heterocycles. The first-order valence-electron chi connectivity index (χ1n) is 7.98. The molecule has 0 fully saturated rings. The van der Waals surface area contributed by atoms with E-state index in [1.54, 1.807) is 24.3 Å². The van der Waals surface area contributed by atoms with Crippen LogP contribution in [0.15, 0.2) is 42.5 Å². The minimum Gasteiger partial charge on any atom is -0.497 e. The minimum absolute atomic E-state index is 0.277. The number of nitrogens with one attached hydrogen (secondary N) is 2. The Morgan fingerprint density at radius 1 is 1.11 bits per heavy atom. The van der Waals surface area contributed by atoms with Crippen LogP contribution >= 0.6 is 0 Å². The third-order valence-corrected chi connectivity index (χ3v) is 3.58. The first-order chi connectivity index (χ1) is 13.3. The summed E-state index contributed by atoms with van der Waals surface area (Å²) in [6, 6.07) is 9.71. The molecule has 2 aromatic carbocycles. The van der Waals surface area contributed by atoms with Crippen LogP contribution in [-0.4, -0.2) is 36.5 Å². The number of esters is 1. The van der Waals surface area contributed by atoms with E-state index in [9.17, 15) is 24.5 Å². The standard InChI is InChI=1S/C18H17N3O7/c1-11-4-3-5-14(16(11)21(25)26)17(23)28-10-15(22)20-18(24)19-12-6-8-13(27-2)9-7-12/h3-9H,10H2,1-2H3,(H2,19,20,22,24). The molecule has 0 atom stereocenters. The quantitative estimate of drug-likeness (QED) is 0.441. The van der Waals surface area contributed by atoms with Crippen molar-refractivity contribution < 1.29 is 28.8 Å². The van der Waals surface area contributed by atoms with Crippen molar-refractivity contribution in [3.8, 4) is 5.75 Å². The van der Waals surface area contributed by atoms with Gasteiger partial charge in [0.1, 0.15) is 11.3 Å². The van der Waals surface area contributed by atoms with E-state index in [1.165, 1.54) is 32.2 Å². The van der Waals surface area contributed by atoms with Crippen molar-refractivity contribution >= 4 is 29.3 Å². The van der Waals surface area contributed by atoms with E-state index in [2.05, 4.69) is 5.32 Å². The maximum atomic E-state index is 12.0. The molecule has 146 valence electrons. The first kappa shape index (κ1) is 20.4. The summed E-state index contributed by atoms with van der Waals surface area (Å²) in [5.74, 6) is -1.34. The Bertz CT molecular complexity index is 910. The number of carbonyl (C=O) groups excluding carboxylic acids is 3. The molecule has 0 heterocycles. The summed E-state index contributed by atoms with van der Waals surface area (Å²) < 4.78 is 9.75. The number of nitro benzene ring substituents is 1. The fourth-order valence-electron chi connectivity index (χ4n) is 2.27. The third-order valence-electron chi connectivity index (χ3n) is 3.58. The lowest BCUT2D eigenvalue weighted by atomic mass is 10.1. The lowest BCUT2D eigenvalue weighted by Crippen LogP contribution is -2.37. The Labute approximate surface area is 159 Å². The average molecular weight is 387 g/mol. The van der Waals surface area contributed by atoms with Crippen molar-refractivity contribution in [3.63, 3.8) is 0 Å². The molecule has 28 heavy (non-hydrogen) atoms. The Morgan fingerprint density at radius 2 is 1.79 bits per heavy atom. The zero-order valence-electron chi connectivity index (χ0n) is 15.1. The van der Waals surface area contributed by atoms with E-state index in [-0.39, 0.29) is 11.1 Å². The number of urea groups is 1. The van der Waals surface area contributed by atoms with Crippen LogP contribution in [0, 0.1) is 17.0 Å². The van der Waals surface area contributed by atoms with Gasteiger partial charge in [-0.15, -0.1) is 0 Å². The summed E-state index contributed by atoms with van der Waals surface area (Å²) in [5.41, 5.74) is 0.0203. The second kappa shape index (κ2) is 9.12. The molecular formula is C18H17N3O7. The molecule has 0 aromatic heterocycles.